The highest BCUT2D eigenvalue weighted by atomic mass is 16.5. The third-order valence-corrected chi connectivity index (χ3v) is 4.13. The average Bonchev–Trinajstić information content (AvgIpc) is 2.68. The molecule has 0 saturated carbocycles. The topological polar surface area (TPSA) is 33.5 Å². The van der Waals surface area contributed by atoms with E-state index < -0.39 is 0 Å². The fourth-order valence-electron chi connectivity index (χ4n) is 2.89. The lowest BCUT2D eigenvalue weighted by molar-refractivity contribution is 0.219. The molecule has 0 saturated heterocycles. The molecule has 0 radical (unpaired) electrons. The van der Waals surface area contributed by atoms with Gasteiger partial charge < -0.3 is 9.64 Å². The molecule has 0 fully saturated rings. The van der Waals surface area contributed by atoms with Crippen LogP contribution in [0.25, 0.3) is 0 Å². The minimum Gasteiger partial charge on any atom is -0.492 e. The van der Waals surface area contributed by atoms with Gasteiger partial charge in [-0.15, -0.1) is 0 Å². The summed E-state index contributed by atoms with van der Waals surface area (Å²) < 4.78 is 7.79. The number of rotatable bonds is 3. The van der Waals surface area contributed by atoms with Gasteiger partial charge in [0.2, 0.25) is 0 Å². The molecule has 1 aliphatic rings. The molecule has 3 rings (SSSR count). The van der Waals surface area contributed by atoms with Crippen molar-refractivity contribution in [1.82, 2.24) is 14.7 Å². The summed E-state index contributed by atoms with van der Waals surface area (Å²) in [7, 11) is 6.10. The highest BCUT2D eigenvalue weighted by Crippen LogP contribution is 2.28. The highest BCUT2D eigenvalue weighted by molar-refractivity contribution is 5.52. The van der Waals surface area contributed by atoms with E-state index in [0.29, 0.717) is 0 Å². The molecule has 0 unspecified atom stereocenters. The first-order valence-corrected chi connectivity index (χ1v) is 7.67. The number of aromatic nitrogens is 2. The van der Waals surface area contributed by atoms with Crippen LogP contribution in [-0.4, -0.2) is 41.9 Å². The molecule has 0 N–H and O–H groups in total. The van der Waals surface area contributed by atoms with Gasteiger partial charge in [0.25, 0.3) is 0 Å². The fraction of sp³-hybridized carbons (Fsp3) is 0.471. The number of fused-ring (bicyclic) bond motifs is 1. The van der Waals surface area contributed by atoms with E-state index in [2.05, 4.69) is 60.3 Å². The molecule has 22 heavy (non-hydrogen) atoms. The molecule has 5 nitrogen and oxygen atoms in total. The van der Waals surface area contributed by atoms with Crippen molar-refractivity contribution < 1.29 is 4.74 Å². The Balaban J connectivity index is 1.81. The fourth-order valence-corrected chi connectivity index (χ4v) is 2.89. The second-order valence-corrected chi connectivity index (χ2v) is 6.16. The van der Waals surface area contributed by atoms with Crippen molar-refractivity contribution in [2.24, 2.45) is 7.05 Å². The number of hydrogen-bond acceptors (Lipinski definition) is 4. The summed E-state index contributed by atoms with van der Waals surface area (Å²) in [6, 6.07) is 6.42. The van der Waals surface area contributed by atoms with Crippen molar-refractivity contribution in [3.63, 3.8) is 0 Å². The summed E-state index contributed by atoms with van der Waals surface area (Å²) in [5.74, 6) is 1.01. The zero-order valence-corrected chi connectivity index (χ0v) is 13.8. The van der Waals surface area contributed by atoms with Crippen LogP contribution in [0.2, 0.25) is 0 Å². The summed E-state index contributed by atoms with van der Waals surface area (Å²) in [6.07, 6.45) is 2.11. The molecule has 2 heterocycles. The summed E-state index contributed by atoms with van der Waals surface area (Å²) >= 11 is 0. The summed E-state index contributed by atoms with van der Waals surface area (Å²) in [4.78, 5) is 4.55. The first kappa shape index (κ1) is 14.9. The molecule has 0 atom stereocenters. The first-order chi connectivity index (χ1) is 10.5. The number of aryl methyl sites for hydroxylation is 2. The maximum absolute atomic E-state index is 5.91. The third-order valence-electron chi connectivity index (χ3n) is 4.13. The third kappa shape index (κ3) is 3.09. The van der Waals surface area contributed by atoms with E-state index in [9.17, 15) is 0 Å². The molecule has 0 amide bonds. The lowest BCUT2D eigenvalue weighted by atomic mass is 10.1. The maximum Gasteiger partial charge on any atom is 0.124 e. The van der Waals surface area contributed by atoms with E-state index in [-0.39, 0.29) is 0 Å². The van der Waals surface area contributed by atoms with Crippen LogP contribution in [0, 0.1) is 6.92 Å². The van der Waals surface area contributed by atoms with Crippen LogP contribution in [0.5, 0.6) is 5.75 Å². The average molecular weight is 300 g/mol. The van der Waals surface area contributed by atoms with E-state index >= 15 is 0 Å². The number of hydrogen-bond donors (Lipinski definition) is 0. The van der Waals surface area contributed by atoms with E-state index in [1.54, 1.807) is 0 Å². The summed E-state index contributed by atoms with van der Waals surface area (Å²) in [5, 5.41) is 4.43. The molecule has 1 aromatic carbocycles. The van der Waals surface area contributed by atoms with Gasteiger partial charge in [0.15, 0.2) is 0 Å². The predicted octanol–water partition coefficient (Wildman–Crippen LogP) is 2.19. The van der Waals surface area contributed by atoms with Crippen molar-refractivity contribution >= 4 is 5.69 Å². The smallest absolute Gasteiger partial charge is 0.124 e. The van der Waals surface area contributed by atoms with E-state index in [1.807, 2.05) is 11.7 Å². The Morgan fingerprint density at radius 1 is 1.32 bits per heavy atom. The Labute approximate surface area is 132 Å². The molecule has 5 heteroatoms. The minimum absolute atomic E-state index is 0.730. The Morgan fingerprint density at radius 2 is 2.14 bits per heavy atom. The molecule has 0 aliphatic carbocycles. The van der Waals surface area contributed by atoms with Crippen LogP contribution in [0.3, 0.4) is 0 Å². The van der Waals surface area contributed by atoms with Gasteiger partial charge in [0.1, 0.15) is 12.4 Å². The van der Waals surface area contributed by atoms with Gasteiger partial charge in [-0.05, 0) is 25.1 Å². The standard InChI is InChI=1S/C17H24N4O/c1-13-15(10-20(4)18-13)12-21-7-8-22-17-6-5-16(19(2)3)9-14(17)11-21/h5-6,9-10H,7-8,11-12H2,1-4H3. The molecule has 0 spiro atoms. The normalized spacial score (nSPS) is 15.1. The summed E-state index contributed by atoms with van der Waals surface area (Å²) in [6.45, 7) is 5.55. The van der Waals surface area contributed by atoms with Gasteiger partial charge in [-0.3, -0.25) is 9.58 Å². The minimum atomic E-state index is 0.730. The number of benzene rings is 1. The zero-order valence-electron chi connectivity index (χ0n) is 13.8. The highest BCUT2D eigenvalue weighted by Gasteiger charge is 2.17. The lowest BCUT2D eigenvalue weighted by Crippen LogP contribution is -2.25. The van der Waals surface area contributed by atoms with Gasteiger partial charge in [0, 0.05) is 63.8 Å². The molecule has 2 aromatic rings. The van der Waals surface area contributed by atoms with Gasteiger partial charge in [-0.2, -0.15) is 5.10 Å². The van der Waals surface area contributed by atoms with Crippen molar-refractivity contribution in [2.45, 2.75) is 20.0 Å². The van der Waals surface area contributed by atoms with Crippen molar-refractivity contribution in [1.29, 1.82) is 0 Å². The van der Waals surface area contributed by atoms with Gasteiger partial charge in [0.05, 0.1) is 5.69 Å². The SMILES string of the molecule is Cc1nn(C)cc1CN1CCOc2ccc(N(C)C)cc2C1. The van der Waals surface area contributed by atoms with Gasteiger partial charge in [-0.25, -0.2) is 0 Å². The van der Waals surface area contributed by atoms with Crippen LogP contribution in [0.15, 0.2) is 24.4 Å². The van der Waals surface area contributed by atoms with Gasteiger partial charge >= 0.3 is 0 Å². The predicted molar refractivity (Wildman–Crippen MR) is 88.3 cm³/mol. The Kier molecular flexibility index (Phi) is 4.07. The molecule has 1 aliphatic heterocycles. The summed E-state index contributed by atoms with van der Waals surface area (Å²) in [5.41, 5.74) is 4.86. The monoisotopic (exact) mass is 300 g/mol. The molecule has 0 bridgehead atoms. The van der Waals surface area contributed by atoms with E-state index in [1.165, 1.54) is 16.8 Å². The van der Waals surface area contributed by atoms with Crippen molar-refractivity contribution in [2.75, 3.05) is 32.1 Å². The van der Waals surface area contributed by atoms with Crippen LogP contribution in [0.1, 0.15) is 16.8 Å². The Hall–Kier alpha value is -2.01. The molecular weight excluding hydrogens is 276 g/mol. The van der Waals surface area contributed by atoms with Crippen LogP contribution >= 0.6 is 0 Å². The van der Waals surface area contributed by atoms with Crippen LogP contribution in [-0.2, 0) is 20.1 Å². The van der Waals surface area contributed by atoms with Gasteiger partial charge in [-0.1, -0.05) is 0 Å². The number of ether oxygens (including phenoxy) is 1. The maximum atomic E-state index is 5.91. The molecular formula is C17H24N4O. The molecule has 118 valence electrons. The largest absolute Gasteiger partial charge is 0.492 e. The Bertz CT molecular complexity index is 663. The second kappa shape index (κ2) is 6.01. The zero-order chi connectivity index (χ0) is 15.7. The van der Waals surface area contributed by atoms with E-state index in [4.69, 9.17) is 4.74 Å². The number of nitrogens with zero attached hydrogens (tertiary/aromatic N) is 4. The van der Waals surface area contributed by atoms with E-state index in [0.717, 1.165) is 37.7 Å². The lowest BCUT2D eigenvalue weighted by Gasteiger charge is -2.20. The quantitative estimate of drug-likeness (QED) is 0.870. The van der Waals surface area contributed by atoms with Crippen molar-refractivity contribution in [3.05, 3.63) is 41.2 Å². The number of anilines is 1. The Morgan fingerprint density at radius 3 is 2.82 bits per heavy atom. The second-order valence-electron chi connectivity index (χ2n) is 6.16. The van der Waals surface area contributed by atoms with Crippen molar-refractivity contribution in [3.8, 4) is 5.75 Å². The van der Waals surface area contributed by atoms with Crippen LogP contribution in [0.4, 0.5) is 5.69 Å². The molecule has 1 aromatic heterocycles. The van der Waals surface area contributed by atoms with Crippen LogP contribution < -0.4 is 9.64 Å². The first-order valence-electron chi connectivity index (χ1n) is 7.67.